The molecule has 0 saturated carbocycles. The fraction of sp³-hybridized carbons (Fsp3) is 0.500. The number of likely N-dealkylation sites (tertiary alicyclic amines) is 1. The van der Waals surface area contributed by atoms with Crippen LogP contribution < -0.4 is 0 Å². The molecule has 1 atom stereocenters. The average molecular weight is 342 g/mol. The van der Waals surface area contributed by atoms with Gasteiger partial charge in [-0.25, -0.2) is 0 Å². The molecular formula is C20H26N2O3. The summed E-state index contributed by atoms with van der Waals surface area (Å²) in [6, 6.07) is 7.56. The maximum Gasteiger partial charge on any atom is 0.278 e. The molecule has 0 spiro atoms. The zero-order valence-corrected chi connectivity index (χ0v) is 15.2. The molecule has 2 aliphatic heterocycles. The summed E-state index contributed by atoms with van der Waals surface area (Å²) in [5.41, 5.74) is 2.90. The molecule has 5 nitrogen and oxygen atoms in total. The van der Waals surface area contributed by atoms with Gasteiger partial charge in [0.2, 0.25) is 0 Å². The molecule has 1 aromatic carbocycles. The summed E-state index contributed by atoms with van der Waals surface area (Å²) >= 11 is 0. The number of amides is 2. The van der Waals surface area contributed by atoms with Crippen LogP contribution >= 0.6 is 0 Å². The molecule has 134 valence electrons. The monoisotopic (exact) mass is 342 g/mol. The summed E-state index contributed by atoms with van der Waals surface area (Å²) in [4.78, 5) is 29.4. The van der Waals surface area contributed by atoms with E-state index in [1.54, 1.807) is 0 Å². The number of benzene rings is 1. The third-order valence-electron chi connectivity index (χ3n) is 5.04. The minimum atomic E-state index is -0.218. The third kappa shape index (κ3) is 3.21. The van der Waals surface area contributed by atoms with Crippen molar-refractivity contribution in [2.24, 2.45) is 5.92 Å². The highest BCUT2D eigenvalue weighted by atomic mass is 16.3. The highest BCUT2D eigenvalue weighted by Gasteiger charge is 2.43. The quantitative estimate of drug-likeness (QED) is 0.852. The summed E-state index contributed by atoms with van der Waals surface area (Å²) in [6.07, 6.45) is 1.87. The van der Waals surface area contributed by atoms with E-state index in [-0.39, 0.29) is 30.4 Å². The molecule has 0 bridgehead atoms. The van der Waals surface area contributed by atoms with Crippen LogP contribution in [0.15, 0.2) is 30.0 Å². The zero-order chi connectivity index (χ0) is 18.1. The molecule has 1 aromatic rings. The Morgan fingerprint density at radius 3 is 2.44 bits per heavy atom. The van der Waals surface area contributed by atoms with E-state index in [2.05, 4.69) is 0 Å². The van der Waals surface area contributed by atoms with Gasteiger partial charge in [0.25, 0.3) is 11.8 Å². The number of carbonyl (C=O) groups excluding carboxylic acids is 2. The van der Waals surface area contributed by atoms with Crippen molar-refractivity contribution in [3.63, 3.8) is 0 Å². The fourth-order valence-corrected chi connectivity index (χ4v) is 3.69. The number of hydrogen-bond donors (Lipinski definition) is 1. The van der Waals surface area contributed by atoms with Gasteiger partial charge in [-0.3, -0.25) is 14.5 Å². The lowest BCUT2D eigenvalue weighted by atomic mass is 9.96. The van der Waals surface area contributed by atoms with Crippen LogP contribution in [0.1, 0.15) is 37.8 Å². The van der Waals surface area contributed by atoms with Crippen molar-refractivity contribution in [1.82, 2.24) is 9.80 Å². The predicted molar refractivity (Wildman–Crippen MR) is 96.5 cm³/mol. The van der Waals surface area contributed by atoms with E-state index >= 15 is 0 Å². The second-order valence-corrected chi connectivity index (χ2v) is 7.30. The number of hydrogen-bond acceptors (Lipinski definition) is 4. The Kier molecular flexibility index (Phi) is 4.95. The van der Waals surface area contributed by atoms with Crippen LogP contribution in [0.3, 0.4) is 0 Å². The summed E-state index contributed by atoms with van der Waals surface area (Å²) in [7, 11) is 0. The summed E-state index contributed by atoms with van der Waals surface area (Å²) in [5.74, 6) is -0.282. The van der Waals surface area contributed by atoms with Gasteiger partial charge in [-0.15, -0.1) is 0 Å². The molecular weight excluding hydrogens is 316 g/mol. The second kappa shape index (κ2) is 7.00. The van der Waals surface area contributed by atoms with Crippen LogP contribution in [0.25, 0.3) is 5.57 Å². The van der Waals surface area contributed by atoms with Gasteiger partial charge in [0.05, 0.1) is 5.57 Å². The molecule has 1 unspecified atom stereocenters. The Morgan fingerprint density at radius 1 is 1.16 bits per heavy atom. The number of aryl methyl sites for hydroxylation is 1. The Labute approximate surface area is 148 Å². The Morgan fingerprint density at radius 2 is 1.84 bits per heavy atom. The van der Waals surface area contributed by atoms with Crippen LogP contribution in [0.4, 0.5) is 0 Å². The van der Waals surface area contributed by atoms with Crippen LogP contribution in [0.2, 0.25) is 0 Å². The molecule has 1 saturated heterocycles. The van der Waals surface area contributed by atoms with Crippen LogP contribution in [-0.4, -0.2) is 52.5 Å². The Bertz CT molecular complexity index is 706. The van der Waals surface area contributed by atoms with E-state index in [1.807, 2.05) is 49.9 Å². The van der Waals surface area contributed by atoms with E-state index in [1.165, 1.54) is 4.90 Å². The molecule has 5 heteroatoms. The van der Waals surface area contributed by atoms with Crippen molar-refractivity contribution in [3.05, 3.63) is 41.1 Å². The topological polar surface area (TPSA) is 60.9 Å². The molecule has 0 aromatic heterocycles. The minimum Gasteiger partial charge on any atom is -0.396 e. The lowest BCUT2D eigenvalue weighted by Gasteiger charge is -2.34. The van der Waals surface area contributed by atoms with Crippen molar-refractivity contribution in [2.75, 3.05) is 19.7 Å². The van der Waals surface area contributed by atoms with Gasteiger partial charge in [0.1, 0.15) is 5.70 Å². The molecule has 25 heavy (non-hydrogen) atoms. The van der Waals surface area contributed by atoms with Gasteiger partial charge < -0.3 is 10.0 Å². The van der Waals surface area contributed by atoms with Gasteiger partial charge >= 0.3 is 0 Å². The normalized spacial score (nSPS) is 21.7. The minimum absolute atomic E-state index is 0.111. The first-order valence-electron chi connectivity index (χ1n) is 8.99. The molecule has 0 aliphatic carbocycles. The van der Waals surface area contributed by atoms with Gasteiger partial charge in [-0.05, 0) is 45.1 Å². The average Bonchev–Trinajstić information content (AvgIpc) is 2.86. The van der Waals surface area contributed by atoms with Crippen molar-refractivity contribution in [3.8, 4) is 0 Å². The van der Waals surface area contributed by atoms with Crippen LogP contribution in [0, 0.1) is 12.8 Å². The molecule has 2 heterocycles. The van der Waals surface area contributed by atoms with Gasteiger partial charge in [-0.2, -0.15) is 0 Å². The van der Waals surface area contributed by atoms with Crippen molar-refractivity contribution >= 4 is 17.4 Å². The Hall–Kier alpha value is -2.14. The number of rotatable bonds is 4. The van der Waals surface area contributed by atoms with Crippen LogP contribution in [0.5, 0.6) is 0 Å². The molecule has 3 rings (SSSR count). The highest BCUT2D eigenvalue weighted by molar-refractivity contribution is 6.35. The molecule has 1 fully saturated rings. The van der Waals surface area contributed by atoms with Crippen molar-refractivity contribution in [1.29, 1.82) is 0 Å². The number of imide groups is 1. The molecule has 2 aliphatic rings. The summed E-state index contributed by atoms with van der Waals surface area (Å²) in [6.45, 7) is 7.19. The molecule has 0 radical (unpaired) electrons. The van der Waals surface area contributed by atoms with E-state index in [0.29, 0.717) is 17.8 Å². The molecule has 1 N–H and O–H groups in total. The first kappa shape index (κ1) is 17.7. The first-order valence-corrected chi connectivity index (χ1v) is 8.99. The van der Waals surface area contributed by atoms with E-state index < -0.39 is 0 Å². The summed E-state index contributed by atoms with van der Waals surface area (Å²) < 4.78 is 0. The zero-order valence-electron chi connectivity index (χ0n) is 15.2. The third-order valence-corrected chi connectivity index (χ3v) is 5.04. The predicted octanol–water partition coefficient (Wildman–Crippen LogP) is 2.19. The fourth-order valence-electron chi connectivity index (χ4n) is 3.69. The van der Waals surface area contributed by atoms with Crippen molar-refractivity contribution in [2.45, 2.75) is 39.7 Å². The number of carbonyl (C=O) groups is 2. The SMILES string of the molecule is Cc1ccc(C2=C(N3CCCC(CO)C3)C(=O)N(C(C)C)C2=O)cc1. The Balaban J connectivity index is 2.07. The van der Waals surface area contributed by atoms with E-state index in [9.17, 15) is 14.7 Å². The lowest BCUT2D eigenvalue weighted by molar-refractivity contribution is -0.139. The van der Waals surface area contributed by atoms with Gasteiger partial charge in [0.15, 0.2) is 0 Å². The first-order chi connectivity index (χ1) is 11.9. The smallest absolute Gasteiger partial charge is 0.278 e. The van der Waals surface area contributed by atoms with Crippen LogP contribution in [-0.2, 0) is 9.59 Å². The van der Waals surface area contributed by atoms with Gasteiger partial charge in [-0.1, -0.05) is 29.8 Å². The standard InChI is InChI=1S/C20H26N2O3/c1-13(2)22-19(24)17(16-8-6-14(3)7-9-16)18(20(22)25)21-10-4-5-15(11-21)12-23/h6-9,13,15,23H,4-5,10-12H2,1-3H3. The van der Waals surface area contributed by atoms with Gasteiger partial charge in [0, 0.05) is 25.7 Å². The number of nitrogens with zero attached hydrogens (tertiary/aromatic N) is 2. The maximum absolute atomic E-state index is 13.0. The maximum atomic E-state index is 13.0. The largest absolute Gasteiger partial charge is 0.396 e. The van der Waals surface area contributed by atoms with Crippen molar-refractivity contribution < 1.29 is 14.7 Å². The van der Waals surface area contributed by atoms with E-state index in [4.69, 9.17) is 0 Å². The summed E-state index contributed by atoms with van der Waals surface area (Å²) in [5, 5.41) is 9.52. The highest BCUT2D eigenvalue weighted by Crippen LogP contribution is 2.34. The number of aliphatic hydroxyl groups excluding tert-OH is 1. The lowest BCUT2D eigenvalue weighted by Crippen LogP contribution is -2.42. The number of piperidine rings is 1. The second-order valence-electron chi connectivity index (χ2n) is 7.30. The molecule has 2 amide bonds. The number of aliphatic hydroxyl groups is 1. The van der Waals surface area contributed by atoms with E-state index in [0.717, 1.165) is 30.5 Å².